The van der Waals surface area contributed by atoms with Crippen LogP contribution in [0, 0.1) is 0 Å². The molecule has 1 heterocycles. The van der Waals surface area contributed by atoms with Crippen molar-refractivity contribution in [3.8, 4) is 5.75 Å². The first-order valence-corrected chi connectivity index (χ1v) is 12.7. The number of anilines is 1. The van der Waals surface area contributed by atoms with Gasteiger partial charge in [0.05, 0.1) is 17.8 Å². The molecular formula is C26H28N2O4S. The molecule has 0 bridgehead atoms. The van der Waals surface area contributed by atoms with Gasteiger partial charge in [-0.25, -0.2) is 8.42 Å². The van der Waals surface area contributed by atoms with Gasteiger partial charge in [0.1, 0.15) is 5.75 Å². The topological polar surface area (TPSA) is 66.9 Å². The van der Waals surface area contributed by atoms with Gasteiger partial charge in [-0.1, -0.05) is 30.3 Å². The van der Waals surface area contributed by atoms with Crippen LogP contribution in [0.3, 0.4) is 0 Å². The highest BCUT2D eigenvalue weighted by atomic mass is 32.2. The molecule has 33 heavy (non-hydrogen) atoms. The molecule has 0 spiro atoms. The Hall–Kier alpha value is -3.32. The molecule has 1 fully saturated rings. The molecule has 3 aromatic rings. The Balaban J connectivity index is 1.39. The van der Waals surface area contributed by atoms with E-state index in [1.54, 1.807) is 61.7 Å². The summed E-state index contributed by atoms with van der Waals surface area (Å²) in [5.74, 6) is 0.709. The number of methoxy groups -OCH3 is 1. The van der Waals surface area contributed by atoms with Crippen LogP contribution in [0.4, 0.5) is 5.69 Å². The lowest BCUT2D eigenvalue weighted by atomic mass is 10.1. The van der Waals surface area contributed by atoms with Crippen molar-refractivity contribution in [1.29, 1.82) is 0 Å². The third-order valence-corrected chi connectivity index (χ3v) is 7.58. The quantitative estimate of drug-likeness (QED) is 0.551. The van der Waals surface area contributed by atoms with Gasteiger partial charge in [-0.2, -0.15) is 0 Å². The largest absolute Gasteiger partial charge is 0.497 e. The van der Waals surface area contributed by atoms with E-state index in [-0.39, 0.29) is 11.7 Å². The molecular weight excluding hydrogens is 436 g/mol. The Morgan fingerprint density at radius 3 is 2.21 bits per heavy atom. The fourth-order valence-corrected chi connectivity index (χ4v) is 5.40. The predicted molar refractivity (Wildman–Crippen MR) is 130 cm³/mol. The lowest BCUT2D eigenvalue weighted by Crippen LogP contribution is -2.35. The highest BCUT2D eigenvalue weighted by Crippen LogP contribution is 2.22. The van der Waals surface area contributed by atoms with Gasteiger partial charge in [-0.05, 0) is 60.5 Å². The van der Waals surface area contributed by atoms with E-state index in [2.05, 4.69) is 4.90 Å². The Kier molecular flexibility index (Phi) is 6.99. The summed E-state index contributed by atoms with van der Waals surface area (Å²) in [7, 11) is -1.77. The van der Waals surface area contributed by atoms with Crippen LogP contribution in [-0.2, 0) is 15.6 Å². The lowest BCUT2D eigenvalue weighted by molar-refractivity contribution is 0.0767. The number of hydrogen-bond acceptors (Lipinski definition) is 5. The molecule has 0 radical (unpaired) electrons. The summed E-state index contributed by atoms with van der Waals surface area (Å²) >= 11 is 0. The van der Waals surface area contributed by atoms with E-state index in [0.29, 0.717) is 29.1 Å². The molecule has 1 amide bonds. The molecule has 4 rings (SSSR count). The first-order valence-electron chi connectivity index (χ1n) is 11.0. The number of amides is 1. The van der Waals surface area contributed by atoms with Gasteiger partial charge in [-0.3, -0.25) is 4.79 Å². The smallest absolute Gasteiger partial charge is 0.253 e. The summed E-state index contributed by atoms with van der Waals surface area (Å²) in [6.45, 7) is 2.96. The van der Waals surface area contributed by atoms with Crippen molar-refractivity contribution in [2.75, 3.05) is 38.2 Å². The number of benzene rings is 3. The van der Waals surface area contributed by atoms with Crippen LogP contribution in [0.2, 0.25) is 0 Å². The second-order valence-electron chi connectivity index (χ2n) is 8.10. The zero-order chi connectivity index (χ0) is 23.3. The van der Waals surface area contributed by atoms with Gasteiger partial charge < -0.3 is 14.5 Å². The van der Waals surface area contributed by atoms with Gasteiger partial charge in [0.2, 0.25) is 0 Å². The van der Waals surface area contributed by atoms with Crippen LogP contribution in [-0.4, -0.2) is 52.5 Å². The SMILES string of the molecule is COc1ccc(N2CCCN(C(=O)c3ccc(CS(=O)(=O)c4ccccc4)cc3)CC2)cc1. The van der Waals surface area contributed by atoms with Crippen molar-refractivity contribution < 1.29 is 17.9 Å². The minimum atomic E-state index is -3.42. The molecule has 0 aliphatic carbocycles. The summed E-state index contributed by atoms with van der Waals surface area (Å²) in [4.78, 5) is 17.5. The normalized spacial score (nSPS) is 14.6. The second-order valence-corrected chi connectivity index (χ2v) is 10.1. The Morgan fingerprint density at radius 2 is 1.55 bits per heavy atom. The van der Waals surface area contributed by atoms with Crippen molar-refractivity contribution in [3.63, 3.8) is 0 Å². The van der Waals surface area contributed by atoms with E-state index in [0.717, 1.165) is 30.9 Å². The summed E-state index contributed by atoms with van der Waals surface area (Å²) in [5, 5.41) is 0. The van der Waals surface area contributed by atoms with Crippen LogP contribution in [0.25, 0.3) is 0 Å². The monoisotopic (exact) mass is 464 g/mol. The van der Waals surface area contributed by atoms with Gasteiger partial charge in [0, 0.05) is 37.4 Å². The van der Waals surface area contributed by atoms with Crippen molar-refractivity contribution in [2.45, 2.75) is 17.1 Å². The average molecular weight is 465 g/mol. The van der Waals surface area contributed by atoms with E-state index in [1.807, 2.05) is 29.2 Å². The molecule has 0 aromatic heterocycles. The molecule has 7 heteroatoms. The summed E-state index contributed by atoms with van der Waals surface area (Å²) in [5.41, 5.74) is 2.36. The van der Waals surface area contributed by atoms with Crippen LogP contribution < -0.4 is 9.64 Å². The van der Waals surface area contributed by atoms with Gasteiger partial charge in [0.25, 0.3) is 5.91 Å². The standard InChI is InChI=1S/C26H28N2O4S/c1-32-24-14-12-23(13-15-24)27-16-5-17-28(19-18-27)26(29)22-10-8-21(9-11-22)20-33(30,31)25-6-3-2-4-7-25/h2-4,6-15H,5,16-20H2,1H3. The highest BCUT2D eigenvalue weighted by molar-refractivity contribution is 7.90. The Labute approximate surface area is 195 Å². The summed E-state index contributed by atoms with van der Waals surface area (Å²) in [6.07, 6.45) is 0.880. The molecule has 172 valence electrons. The number of nitrogens with zero attached hydrogens (tertiary/aromatic N) is 2. The molecule has 0 saturated carbocycles. The molecule has 3 aromatic carbocycles. The number of ether oxygens (including phenoxy) is 1. The fraction of sp³-hybridized carbons (Fsp3) is 0.269. The van der Waals surface area contributed by atoms with Crippen LogP contribution in [0.15, 0.2) is 83.8 Å². The van der Waals surface area contributed by atoms with Gasteiger partial charge in [0.15, 0.2) is 9.84 Å². The van der Waals surface area contributed by atoms with Crippen molar-refractivity contribution >= 4 is 21.4 Å². The maximum atomic E-state index is 13.1. The maximum absolute atomic E-state index is 13.1. The molecule has 0 atom stereocenters. The minimum absolute atomic E-state index is 0.0240. The molecule has 0 N–H and O–H groups in total. The van der Waals surface area contributed by atoms with Gasteiger partial charge >= 0.3 is 0 Å². The molecule has 1 saturated heterocycles. The first kappa shape index (κ1) is 22.9. The third-order valence-electron chi connectivity index (χ3n) is 5.88. The average Bonchev–Trinajstić information content (AvgIpc) is 3.11. The highest BCUT2D eigenvalue weighted by Gasteiger charge is 2.21. The van der Waals surface area contributed by atoms with E-state index in [4.69, 9.17) is 4.74 Å². The predicted octanol–water partition coefficient (Wildman–Crippen LogP) is 4.02. The Morgan fingerprint density at radius 1 is 0.848 bits per heavy atom. The van der Waals surface area contributed by atoms with Crippen LogP contribution in [0.5, 0.6) is 5.75 Å². The zero-order valence-corrected chi connectivity index (χ0v) is 19.5. The third kappa shape index (κ3) is 5.54. The van der Waals surface area contributed by atoms with Gasteiger partial charge in [-0.15, -0.1) is 0 Å². The molecule has 0 unspecified atom stereocenters. The first-order chi connectivity index (χ1) is 16.0. The number of carbonyl (C=O) groups excluding carboxylic acids is 1. The molecule has 1 aliphatic heterocycles. The Bertz CT molecular complexity index is 1180. The van der Waals surface area contributed by atoms with E-state index in [9.17, 15) is 13.2 Å². The number of carbonyl (C=O) groups is 1. The zero-order valence-electron chi connectivity index (χ0n) is 18.7. The molecule has 1 aliphatic rings. The summed E-state index contributed by atoms with van der Waals surface area (Å²) < 4.78 is 30.4. The molecule has 6 nitrogen and oxygen atoms in total. The number of rotatable bonds is 6. The fourth-order valence-electron chi connectivity index (χ4n) is 4.03. The van der Waals surface area contributed by atoms with Crippen molar-refractivity contribution in [2.24, 2.45) is 0 Å². The maximum Gasteiger partial charge on any atom is 0.253 e. The van der Waals surface area contributed by atoms with E-state index >= 15 is 0 Å². The summed E-state index contributed by atoms with van der Waals surface area (Å²) in [6, 6.07) is 23.3. The van der Waals surface area contributed by atoms with Crippen molar-refractivity contribution in [3.05, 3.63) is 90.0 Å². The van der Waals surface area contributed by atoms with Crippen LogP contribution >= 0.6 is 0 Å². The minimum Gasteiger partial charge on any atom is -0.497 e. The van der Waals surface area contributed by atoms with Crippen molar-refractivity contribution in [1.82, 2.24) is 4.90 Å². The van der Waals surface area contributed by atoms with E-state index < -0.39 is 9.84 Å². The van der Waals surface area contributed by atoms with Crippen LogP contribution in [0.1, 0.15) is 22.3 Å². The number of hydrogen-bond donors (Lipinski definition) is 0. The second kappa shape index (κ2) is 10.1. The lowest BCUT2D eigenvalue weighted by Gasteiger charge is -2.24. The van der Waals surface area contributed by atoms with E-state index in [1.165, 1.54) is 0 Å². The number of sulfone groups is 1.